The van der Waals surface area contributed by atoms with Gasteiger partial charge in [-0.1, -0.05) is 73.6 Å². The van der Waals surface area contributed by atoms with Crippen LogP contribution in [0.4, 0.5) is 0 Å². The number of esters is 1. The van der Waals surface area contributed by atoms with Gasteiger partial charge in [0.05, 0.1) is 18.3 Å². The zero-order chi connectivity index (χ0) is 24.4. The highest BCUT2D eigenvalue weighted by molar-refractivity contribution is 5.82. The van der Waals surface area contributed by atoms with Crippen molar-refractivity contribution in [1.82, 2.24) is 0 Å². The van der Waals surface area contributed by atoms with Crippen LogP contribution in [-0.4, -0.2) is 41.5 Å². The Morgan fingerprint density at radius 1 is 1.33 bits per heavy atom. The van der Waals surface area contributed by atoms with Crippen molar-refractivity contribution in [3.8, 4) is 0 Å². The van der Waals surface area contributed by atoms with Crippen molar-refractivity contribution in [3.63, 3.8) is 0 Å². The second-order valence-corrected chi connectivity index (χ2v) is 9.37. The second-order valence-electron chi connectivity index (χ2n) is 9.37. The molecule has 0 saturated carbocycles. The molecule has 0 aromatic carbocycles. The number of hydrogen-bond donors (Lipinski definition) is 2. The summed E-state index contributed by atoms with van der Waals surface area (Å²) in [4.78, 5) is 11.3. The Morgan fingerprint density at radius 2 is 2.09 bits per heavy atom. The summed E-state index contributed by atoms with van der Waals surface area (Å²) >= 11 is 0. The van der Waals surface area contributed by atoms with Crippen LogP contribution in [0.25, 0.3) is 0 Å². The SMILES string of the molecule is C/C=C/[C@@H]1O[C@H](C(N)/C=C/C=C(\C)C[C@@H](C)/C=C(C)\C=C\[C@H]2CC=CC(=O)O2)C[C@@H](O)C1C. The van der Waals surface area contributed by atoms with E-state index < -0.39 is 6.10 Å². The Bertz CT molecular complexity index is 820. The number of cyclic esters (lactones) is 1. The van der Waals surface area contributed by atoms with Crippen molar-refractivity contribution in [2.75, 3.05) is 0 Å². The lowest BCUT2D eigenvalue weighted by Gasteiger charge is -2.38. The molecule has 0 aromatic rings. The van der Waals surface area contributed by atoms with E-state index in [1.165, 1.54) is 11.6 Å². The van der Waals surface area contributed by atoms with Gasteiger partial charge >= 0.3 is 5.97 Å². The number of aliphatic hydroxyl groups is 1. The fourth-order valence-electron chi connectivity index (χ4n) is 4.23. The predicted molar refractivity (Wildman–Crippen MR) is 134 cm³/mol. The lowest BCUT2D eigenvalue weighted by molar-refractivity contribution is -0.141. The van der Waals surface area contributed by atoms with E-state index >= 15 is 0 Å². The minimum Gasteiger partial charge on any atom is -0.455 e. The number of nitrogens with two attached hydrogens (primary N) is 1. The van der Waals surface area contributed by atoms with Crippen LogP contribution in [0.15, 0.2) is 71.9 Å². The summed E-state index contributed by atoms with van der Waals surface area (Å²) in [5, 5.41) is 10.4. The lowest BCUT2D eigenvalue weighted by atomic mass is 9.88. The largest absolute Gasteiger partial charge is 0.455 e. The standard InChI is InChI=1S/C28H41NO4/c1-6-9-26-22(5)25(30)18-27(33-26)24(29)12-7-10-19(2)16-21(4)17-20(3)14-15-23-11-8-13-28(31)32-23/h6-10,12-15,17,21-27,30H,11,16,18,29H2,1-5H3/b9-6+,12-7+,15-14+,19-10+,20-17-/t21-,22?,23-,24?,25-,26+,27+/m1/s1. The van der Waals surface area contributed by atoms with E-state index in [-0.39, 0.29) is 36.2 Å². The highest BCUT2D eigenvalue weighted by Gasteiger charge is 2.35. The van der Waals surface area contributed by atoms with Crippen LogP contribution < -0.4 is 5.73 Å². The van der Waals surface area contributed by atoms with Crippen LogP contribution in [0.5, 0.6) is 0 Å². The highest BCUT2D eigenvalue weighted by Crippen LogP contribution is 2.28. The molecule has 0 amide bonds. The quantitative estimate of drug-likeness (QED) is 0.292. The molecule has 2 unspecified atom stereocenters. The Labute approximate surface area is 199 Å². The molecule has 0 aliphatic carbocycles. The first-order valence-corrected chi connectivity index (χ1v) is 12.0. The van der Waals surface area contributed by atoms with Crippen LogP contribution in [0, 0.1) is 11.8 Å². The molecule has 0 radical (unpaired) electrons. The number of carbonyl (C=O) groups excluding carboxylic acids is 1. The minimum atomic E-state index is -0.409. The van der Waals surface area contributed by atoms with E-state index in [9.17, 15) is 9.90 Å². The van der Waals surface area contributed by atoms with Gasteiger partial charge in [-0.05, 0) is 39.2 Å². The van der Waals surface area contributed by atoms with Gasteiger partial charge in [0.2, 0.25) is 0 Å². The van der Waals surface area contributed by atoms with Crippen molar-refractivity contribution < 1.29 is 19.4 Å². The lowest BCUT2D eigenvalue weighted by Crippen LogP contribution is -2.48. The molecule has 0 aromatic heterocycles. The fraction of sp³-hybridized carbons (Fsp3) is 0.536. The van der Waals surface area contributed by atoms with Gasteiger partial charge < -0.3 is 20.3 Å². The van der Waals surface area contributed by atoms with Crippen molar-refractivity contribution in [1.29, 1.82) is 0 Å². The fourth-order valence-corrected chi connectivity index (χ4v) is 4.23. The average molecular weight is 456 g/mol. The molecule has 1 fully saturated rings. The summed E-state index contributed by atoms with van der Waals surface area (Å²) in [7, 11) is 0. The number of ether oxygens (including phenoxy) is 2. The summed E-state index contributed by atoms with van der Waals surface area (Å²) in [6.07, 6.45) is 20.8. The van der Waals surface area contributed by atoms with Gasteiger partial charge in [-0.15, -0.1) is 0 Å². The van der Waals surface area contributed by atoms with E-state index in [1.54, 1.807) is 0 Å². The molecule has 2 heterocycles. The number of aliphatic hydroxyl groups excluding tert-OH is 1. The zero-order valence-electron chi connectivity index (χ0n) is 20.7. The van der Waals surface area contributed by atoms with Gasteiger partial charge in [0, 0.05) is 30.9 Å². The van der Waals surface area contributed by atoms with Crippen molar-refractivity contribution in [3.05, 3.63) is 71.9 Å². The van der Waals surface area contributed by atoms with Crippen LogP contribution in [0.1, 0.15) is 53.9 Å². The van der Waals surface area contributed by atoms with E-state index in [4.69, 9.17) is 15.2 Å². The summed E-state index contributed by atoms with van der Waals surface area (Å²) in [6, 6.07) is -0.266. The maximum absolute atomic E-state index is 11.3. The first-order chi connectivity index (χ1) is 15.7. The van der Waals surface area contributed by atoms with Gasteiger partial charge in [-0.2, -0.15) is 0 Å². The minimum absolute atomic E-state index is 0.0677. The molecule has 2 aliphatic rings. The van der Waals surface area contributed by atoms with E-state index in [0.717, 1.165) is 18.4 Å². The molecule has 7 atom stereocenters. The molecule has 2 aliphatic heterocycles. The van der Waals surface area contributed by atoms with Gasteiger partial charge in [0.25, 0.3) is 0 Å². The third kappa shape index (κ3) is 9.28. The highest BCUT2D eigenvalue weighted by atomic mass is 16.5. The summed E-state index contributed by atoms with van der Waals surface area (Å²) < 4.78 is 11.4. The van der Waals surface area contributed by atoms with E-state index in [1.807, 2.05) is 56.4 Å². The number of allylic oxidation sites excluding steroid dienone is 7. The van der Waals surface area contributed by atoms with Gasteiger partial charge in [0.1, 0.15) is 6.10 Å². The predicted octanol–water partition coefficient (Wildman–Crippen LogP) is 4.95. The smallest absolute Gasteiger partial charge is 0.331 e. The second kappa shape index (κ2) is 13.5. The number of hydrogen-bond acceptors (Lipinski definition) is 5. The normalized spacial score (nSPS) is 31.5. The summed E-state index contributed by atoms with van der Waals surface area (Å²) in [6.45, 7) is 10.3. The van der Waals surface area contributed by atoms with Gasteiger partial charge in [-0.3, -0.25) is 0 Å². The molecular formula is C28H41NO4. The Balaban J connectivity index is 1.85. The molecule has 5 heteroatoms. The van der Waals surface area contributed by atoms with Crippen LogP contribution in [-0.2, 0) is 14.3 Å². The maximum atomic E-state index is 11.3. The van der Waals surface area contributed by atoms with Crippen molar-refractivity contribution in [2.24, 2.45) is 17.6 Å². The van der Waals surface area contributed by atoms with Crippen LogP contribution >= 0.6 is 0 Å². The first kappa shape index (κ1) is 27.0. The molecule has 2 rings (SSSR count). The van der Waals surface area contributed by atoms with Crippen LogP contribution in [0.2, 0.25) is 0 Å². The Morgan fingerprint density at radius 3 is 2.79 bits per heavy atom. The molecule has 0 spiro atoms. The zero-order valence-corrected chi connectivity index (χ0v) is 20.7. The maximum Gasteiger partial charge on any atom is 0.331 e. The first-order valence-electron chi connectivity index (χ1n) is 12.0. The molecule has 5 nitrogen and oxygen atoms in total. The molecule has 33 heavy (non-hydrogen) atoms. The summed E-state index contributed by atoms with van der Waals surface area (Å²) in [5.41, 5.74) is 8.75. The third-order valence-corrected chi connectivity index (χ3v) is 6.11. The van der Waals surface area contributed by atoms with Crippen LogP contribution in [0.3, 0.4) is 0 Å². The Kier molecular flexibility index (Phi) is 11.0. The van der Waals surface area contributed by atoms with Crippen molar-refractivity contribution in [2.45, 2.75) is 84.3 Å². The van der Waals surface area contributed by atoms with Gasteiger partial charge in [0.15, 0.2) is 0 Å². The third-order valence-electron chi connectivity index (χ3n) is 6.11. The van der Waals surface area contributed by atoms with Gasteiger partial charge in [-0.25, -0.2) is 4.79 Å². The Hall–Kier alpha value is -2.21. The molecule has 3 N–H and O–H groups in total. The average Bonchev–Trinajstić information content (AvgIpc) is 2.75. The number of rotatable bonds is 9. The topological polar surface area (TPSA) is 81.8 Å². The number of carbonyl (C=O) groups is 1. The van der Waals surface area contributed by atoms with Crippen molar-refractivity contribution >= 4 is 5.97 Å². The molecule has 0 bridgehead atoms. The van der Waals surface area contributed by atoms with E-state index in [0.29, 0.717) is 12.3 Å². The van der Waals surface area contributed by atoms with E-state index in [2.05, 4.69) is 32.9 Å². The molecule has 182 valence electrons. The molecular weight excluding hydrogens is 414 g/mol. The summed E-state index contributed by atoms with van der Waals surface area (Å²) in [5.74, 6) is 0.164. The monoisotopic (exact) mass is 455 g/mol. The molecule has 1 saturated heterocycles.